The Labute approximate surface area is 269 Å². The summed E-state index contributed by atoms with van der Waals surface area (Å²) in [5, 5.41) is 22.7. The van der Waals surface area contributed by atoms with Crippen molar-refractivity contribution in [1.82, 2.24) is 26.3 Å². The Morgan fingerprint density at radius 2 is 1.65 bits per heavy atom. The van der Waals surface area contributed by atoms with Crippen LogP contribution in [0.4, 0.5) is 9.59 Å². The Morgan fingerprint density at radius 1 is 1.00 bits per heavy atom. The molecule has 246 valence electrons. The third kappa shape index (κ3) is 7.67. The van der Waals surface area contributed by atoms with Gasteiger partial charge in [-0.15, -0.1) is 0 Å². The maximum Gasteiger partial charge on any atom is 0.410 e. The molecule has 3 atom stereocenters. The molecule has 46 heavy (non-hydrogen) atoms. The number of carbonyl (C=O) groups is 4. The third-order valence-corrected chi connectivity index (χ3v) is 9.36. The summed E-state index contributed by atoms with van der Waals surface area (Å²) in [4.78, 5) is 51.9. The van der Waals surface area contributed by atoms with Crippen molar-refractivity contribution < 1.29 is 29.0 Å². The molecule has 2 fully saturated rings. The minimum atomic E-state index is -0.900. The number of hydrogen-bond acceptors (Lipinski definition) is 7. The van der Waals surface area contributed by atoms with Crippen molar-refractivity contribution >= 4 is 30.2 Å². The molecular formula is C34H44N6O6. The number of nitrogens with zero attached hydrogens (tertiary/aromatic N) is 2. The van der Waals surface area contributed by atoms with Gasteiger partial charge in [0.2, 0.25) is 11.8 Å². The van der Waals surface area contributed by atoms with Gasteiger partial charge in [0.05, 0.1) is 18.7 Å². The number of urea groups is 1. The van der Waals surface area contributed by atoms with Crippen molar-refractivity contribution in [3.63, 3.8) is 0 Å². The first-order valence-electron chi connectivity index (χ1n) is 16.2. The number of ether oxygens (including phenoxy) is 1. The molecule has 3 aliphatic rings. The first-order chi connectivity index (χ1) is 22.3. The van der Waals surface area contributed by atoms with Crippen LogP contribution < -0.4 is 21.4 Å². The first kappa shape index (κ1) is 32.9. The number of β-amino-alcohol motifs (C(OH)–C–C–N with tert-alkyl or cyclic N) is 1. The number of aliphatic hydroxyl groups is 1. The SMILES string of the molecule is CC[C@@H](/C=N\NC(=O)NCC1CCC(C(=O)NC)CC1)NC(=O)[C@@H]1C[C@@H](O)CN1C(=O)OCC1c2ccccc2-c2ccccc21. The molecule has 0 spiro atoms. The van der Waals surface area contributed by atoms with Gasteiger partial charge >= 0.3 is 12.1 Å². The second-order valence-electron chi connectivity index (χ2n) is 12.3. The van der Waals surface area contributed by atoms with Crippen LogP contribution in [0.1, 0.15) is 62.5 Å². The van der Waals surface area contributed by atoms with Crippen LogP contribution in [0.3, 0.4) is 0 Å². The number of rotatable bonds is 10. The van der Waals surface area contributed by atoms with E-state index in [1.165, 1.54) is 11.1 Å². The van der Waals surface area contributed by atoms with Crippen molar-refractivity contribution in [3.05, 3.63) is 59.7 Å². The number of carbonyl (C=O) groups excluding carboxylic acids is 4. The zero-order valence-corrected chi connectivity index (χ0v) is 26.4. The van der Waals surface area contributed by atoms with Crippen LogP contribution in [0.25, 0.3) is 11.1 Å². The summed E-state index contributed by atoms with van der Waals surface area (Å²) in [5.74, 6) is -0.130. The number of aliphatic hydroxyl groups excluding tert-OH is 1. The molecule has 1 saturated carbocycles. The van der Waals surface area contributed by atoms with E-state index >= 15 is 0 Å². The average molecular weight is 633 g/mol. The fraction of sp³-hybridized carbons (Fsp3) is 0.500. The van der Waals surface area contributed by atoms with Gasteiger partial charge in [0.1, 0.15) is 12.6 Å². The fourth-order valence-corrected chi connectivity index (χ4v) is 6.76. The monoisotopic (exact) mass is 632 g/mol. The van der Waals surface area contributed by atoms with Crippen LogP contribution in [0.2, 0.25) is 0 Å². The van der Waals surface area contributed by atoms with Gasteiger partial charge in [-0.05, 0) is 60.3 Å². The van der Waals surface area contributed by atoms with Gasteiger partial charge in [0.25, 0.3) is 0 Å². The number of hydrogen-bond donors (Lipinski definition) is 5. The Hall–Kier alpha value is -4.45. The molecule has 0 bridgehead atoms. The third-order valence-electron chi connectivity index (χ3n) is 9.36. The van der Waals surface area contributed by atoms with E-state index in [4.69, 9.17) is 4.74 Å². The molecule has 5 amide bonds. The van der Waals surface area contributed by atoms with Crippen molar-refractivity contribution in [2.45, 2.75) is 69.6 Å². The molecule has 2 aromatic carbocycles. The number of fused-ring (bicyclic) bond motifs is 3. The van der Waals surface area contributed by atoms with E-state index in [0.717, 1.165) is 47.9 Å². The predicted octanol–water partition coefficient (Wildman–Crippen LogP) is 3.10. The van der Waals surface area contributed by atoms with Crippen molar-refractivity contribution in [1.29, 1.82) is 0 Å². The lowest BCUT2D eigenvalue weighted by Gasteiger charge is -2.27. The highest BCUT2D eigenvalue weighted by atomic mass is 16.6. The number of nitrogens with one attached hydrogen (secondary N) is 4. The lowest BCUT2D eigenvalue weighted by Crippen LogP contribution is -2.49. The molecule has 0 unspecified atom stereocenters. The van der Waals surface area contributed by atoms with Gasteiger partial charge in [-0.1, -0.05) is 55.5 Å². The van der Waals surface area contributed by atoms with Gasteiger partial charge in [-0.2, -0.15) is 5.10 Å². The summed E-state index contributed by atoms with van der Waals surface area (Å²) < 4.78 is 5.76. The van der Waals surface area contributed by atoms with Gasteiger partial charge in [-0.25, -0.2) is 15.0 Å². The first-order valence-corrected chi connectivity index (χ1v) is 16.2. The van der Waals surface area contributed by atoms with Crippen molar-refractivity contribution in [2.24, 2.45) is 16.9 Å². The van der Waals surface area contributed by atoms with Gasteiger partial charge in [0.15, 0.2) is 0 Å². The van der Waals surface area contributed by atoms with E-state index in [9.17, 15) is 24.3 Å². The second-order valence-corrected chi connectivity index (χ2v) is 12.3. The lowest BCUT2D eigenvalue weighted by atomic mass is 9.81. The van der Waals surface area contributed by atoms with Crippen LogP contribution in [-0.2, 0) is 14.3 Å². The standard InChI is InChI=1S/C34H44N6O6/c1-3-23(18-37-39-33(44)36-17-21-12-14-22(15-13-21)31(42)35-2)38-32(43)30-16-24(41)19-40(30)34(45)46-20-29-27-10-6-4-8-25(27)26-9-5-7-11-28(26)29/h4-11,18,21-24,29-30,41H,3,12-17,19-20H2,1-2H3,(H,35,42)(H,38,43)(H2,36,39,44)/b37-18-/t21?,22?,23-,24+,30-/m0/s1. The molecule has 5 rings (SSSR count). The molecular weight excluding hydrogens is 588 g/mol. The van der Waals surface area contributed by atoms with Crippen LogP contribution in [0.15, 0.2) is 53.6 Å². The summed E-state index contributed by atoms with van der Waals surface area (Å²) in [7, 11) is 1.65. The smallest absolute Gasteiger partial charge is 0.410 e. The van der Waals surface area contributed by atoms with E-state index in [-0.39, 0.29) is 37.3 Å². The average Bonchev–Trinajstić information content (AvgIpc) is 3.63. The fourth-order valence-electron chi connectivity index (χ4n) is 6.76. The number of hydrazone groups is 1. The van der Waals surface area contributed by atoms with E-state index in [1.54, 1.807) is 7.05 Å². The highest BCUT2D eigenvalue weighted by Crippen LogP contribution is 2.44. The summed E-state index contributed by atoms with van der Waals surface area (Å²) >= 11 is 0. The molecule has 5 N–H and O–H groups in total. The van der Waals surface area contributed by atoms with Crippen LogP contribution in [0, 0.1) is 11.8 Å². The lowest BCUT2D eigenvalue weighted by molar-refractivity contribution is -0.126. The number of likely N-dealkylation sites (tertiary alicyclic amines) is 1. The van der Waals surface area contributed by atoms with E-state index in [2.05, 4.69) is 38.6 Å². The highest BCUT2D eigenvalue weighted by Gasteiger charge is 2.41. The van der Waals surface area contributed by atoms with Gasteiger partial charge in [0, 0.05) is 38.1 Å². The van der Waals surface area contributed by atoms with Crippen LogP contribution in [0.5, 0.6) is 0 Å². The van der Waals surface area contributed by atoms with Gasteiger partial charge in [-0.3, -0.25) is 14.5 Å². The molecule has 0 radical (unpaired) electrons. The zero-order chi connectivity index (χ0) is 32.6. The molecule has 12 nitrogen and oxygen atoms in total. The summed E-state index contributed by atoms with van der Waals surface area (Å²) in [6.07, 6.45) is 3.87. The Balaban J connectivity index is 1.09. The Morgan fingerprint density at radius 3 is 2.28 bits per heavy atom. The molecule has 1 heterocycles. The summed E-state index contributed by atoms with van der Waals surface area (Å²) in [6, 6.07) is 14.3. The summed E-state index contributed by atoms with van der Waals surface area (Å²) in [6.45, 7) is 2.46. The zero-order valence-electron chi connectivity index (χ0n) is 26.4. The van der Waals surface area contributed by atoms with Crippen LogP contribution in [-0.4, -0.2) is 85.1 Å². The summed E-state index contributed by atoms with van der Waals surface area (Å²) in [5.41, 5.74) is 6.85. The Bertz CT molecular complexity index is 1400. The Kier molecular flexibility index (Phi) is 10.9. The van der Waals surface area contributed by atoms with Crippen LogP contribution >= 0.6 is 0 Å². The maximum atomic E-state index is 13.3. The van der Waals surface area contributed by atoms with E-state index < -0.39 is 36.2 Å². The van der Waals surface area contributed by atoms with E-state index in [1.807, 2.05) is 43.3 Å². The second kappa shape index (κ2) is 15.2. The maximum absolute atomic E-state index is 13.3. The minimum absolute atomic E-state index is 0.00514. The number of amides is 5. The van der Waals surface area contributed by atoms with E-state index in [0.29, 0.717) is 18.9 Å². The largest absolute Gasteiger partial charge is 0.448 e. The topological polar surface area (TPSA) is 161 Å². The molecule has 2 aromatic rings. The molecule has 1 saturated heterocycles. The van der Waals surface area contributed by atoms with Crippen molar-refractivity contribution in [2.75, 3.05) is 26.7 Å². The van der Waals surface area contributed by atoms with Crippen molar-refractivity contribution in [3.8, 4) is 11.1 Å². The predicted molar refractivity (Wildman–Crippen MR) is 173 cm³/mol. The normalized spacial score (nSPS) is 22.9. The van der Waals surface area contributed by atoms with Gasteiger partial charge < -0.3 is 25.8 Å². The molecule has 2 aliphatic carbocycles. The minimum Gasteiger partial charge on any atom is -0.448 e. The number of benzene rings is 2. The molecule has 1 aliphatic heterocycles. The quantitative estimate of drug-likeness (QED) is 0.200. The molecule has 0 aromatic heterocycles. The molecule has 12 heteroatoms. The highest BCUT2D eigenvalue weighted by molar-refractivity contribution is 5.89.